The van der Waals surface area contributed by atoms with Crippen LogP contribution in [0.4, 0.5) is 10.5 Å². The normalized spacial score (nSPS) is 18.5. The molecule has 1 saturated carbocycles. The van der Waals surface area contributed by atoms with Crippen LogP contribution in [0.2, 0.25) is 0 Å². The van der Waals surface area contributed by atoms with Crippen molar-refractivity contribution in [3.05, 3.63) is 30.3 Å². The fourth-order valence-corrected chi connectivity index (χ4v) is 3.55. The fraction of sp³-hybridized carbons (Fsp3) is 0.500. The lowest BCUT2D eigenvalue weighted by atomic mass is 9.98. The van der Waals surface area contributed by atoms with Gasteiger partial charge in [0.05, 0.1) is 5.69 Å². The maximum Gasteiger partial charge on any atom is 0.325 e. The average molecular weight is 344 g/mol. The number of carbonyl (C=O) groups excluding carboxylic acids is 3. The number of amides is 4. The second-order valence-electron chi connectivity index (χ2n) is 6.71. The van der Waals surface area contributed by atoms with Crippen LogP contribution in [-0.2, 0) is 9.59 Å². The standard InChI is InChI=1S/C18H24N4O3/c1-21(14-8-3-2-4-9-14)20-15(23)10-7-13-22-16(24)18(19-17(22)25)11-5-6-12-18/h2-4,8-9H,5-7,10-13H2,1H3,(H,19,25)(H,20,23). The zero-order valence-corrected chi connectivity index (χ0v) is 14.5. The van der Waals surface area contributed by atoms with E-state index < -0.39 is 5.54 Å². The molecule has 0 bridgehead atoms. The molecule has 1 saturated heterocycles. The molecule has 1 aromatic carbocycles. The summed E-state index contributed by atoms with van der Waals surface area (Å²) in [5, 5.41) is 4.51. The summed E-state index contributed by atoms with van der Waals surface area (Å²) in [4.78, 5) is 37.9. The topological polar surface area (TPSA) is 81.8 Å². The first-order valence-corrected chi connectivity index (χ1v) is 8.74. The lowest BCUT2D eigenvalue weighted by Crippen LogP contribution is -2.44. The molecule has 4 amide bonds. The Bertz CT molecular complexity index is 656. The average Bonchev–Trinajstić information content (AvgIpc) is 3.16. The Labute approximate surface area is 147 Å². The molecule has 2 fully saturated rings. The molecule has 134 valence electrons. The summed E-state index contributed by atoms with van der Waals surface area (Å²) in [7, 11) is 1.77. The molecule has 0 radical (unpaired) electrons. The van der Waals surface area contributed by atoms with Crippen molar-refractivity contribution in [3.63, 3.8) is 0 Å². The summed E-state index contributed by atoms with van der Waals surface area (Å²) < 4.78 is 0. The number of carbonyl (C=O) groups is 3. The van der Waals surface area contributed by atoms with Crippen molar-refractivity contribution < 1.29 is 14.4 Å². The number of anilines is 1. The zero-order chi connectivity index (χ0) is 17.9. The Kier molecular flexibility index (Phi) is 4.92. The fourth-order valence-electron chi connectivity index (χ4n) is 3.55. The van der Waals surface area contributed by atoms with E-state index in [1.807, 2.05) is 30.3 Å². The van der Waals surface area contributed by atoms with Crippen molar-refractivity contribution in [2.75, 3.05) is 18.6 Å². The number of para-hydroxylation sites is 1. The Morgan fingerprint density at radius 2 is 1.92 bits per heavy atom. The zero-order valence-electron chi connectivity index (χ0n) is 14.5. The van der Waals surface area contributed by atoms with Gasteiger partial charge in [-0.1, -0.05) is 31.0 Å². The van der Waals surface area contributed by atoms with E-state index in [0.29, 0.717) is 6.42 Å². The number of rotatable bonds is 6. The minimum absolute atomic E-state index is 0.128. The Hall–Kier alpha value is -2.57. The number of imide groups is 1. The van der Waals surface area contributed by atoms with Gasteiger partial charge in [-0.25, -0.2) is 4.79 Å². The van der Waals surface area contributed by atoms with E-state index in [0.717, 1.165) is 31.4 Å². The van der Waals surface area contributed by atoms with Crippen molar-refractivity contribution in [2.45, 2.75) is 44.1 Å². The van der Waals surface area contributed by atoms with Gasteiger partial charge in [0.25, 0.3) is 5.91 Å². The second kappa shape index (κ2) is 7.13. The second-order valence-corrected chi connectivity index (χ2v) is 6.71. The summed E-state index contributed by atoms with van der Waals surface area (Å²) >= 11 is 0. The number of hydrogen-bond acceptors (Lipinski definition) is 4. The summed E-state index contributed by atoms with van der Waals surface area (Å²) in [5.74, 6) is -0.272. The summed E-state index contributed by atoms with van der Waals surface area (Å²) in [5.41, 5.74) is 2.99. The van der Waals surface area contributed by atoms with Crippen LogP contribution in [0.15, 0.2) is 30.3 Å². The Morgan fingerprint density at radius 1 is 1.24 bits per heavy atom. The maximum atomic E-state index is 12.5. The third kappa shape index (κ3) is 3.60. The number of nitrogens with zero attached hydrogens (tertiary/aromatic N) is 2. The number of urea groups is 1. The molecule has 2 N–H and O–H groups in total. The van der Waals surface area contributed by atoms with Crippen molar-refractivity contribution >= 4 is 23.5 Å². The van der Waals surface area contributed by atoms with E-state index in [-0.39, 0.29) is 30.8 Å². The number of hydrogen-bond donors (Lipinski definition) is 2. The molecule has 1 aliphatic heterocycles. The Morgan fingerprint density at radius 3 is 2.60 bits per heavy atom. The molecule has 0 unspecified atom stereocenters. The first kappa shape index (κ1) is 17.3. The van der Waals surface area contributed by atoms with Gasteiger partial charge < -0.3 is 5.32 Å². The molecule has 1 aromatic rings. The van der Waals surface area contributed by atoms with Crippen molar-refractivity contribution in [3.8, 4) is 0 Å². The Balaban J connectivity index is 1.45. The van der Waals surface area contributed by atoms with Gasteiger partial charge in [0.2, 0.25) is 5.91 Å². The first-order chi connectivity index (χ1) is 12.0. The highest BCUT2D eigenvalue weighted by Gasteiger charge is 2.51. The number of nitrogens with one attached hydrogen (secondary N) is 2. The van der Waals surface area contributed by atoms with E-state index in [4.69, 9.17) is 0 Å². The van der Waals surface area contributed by atoms with Gasteiger partial charge in [0.15, 0.2) is 0 Å². The van der Waals surface area contributed by atoms with E-state index >= 15 is 0 Å². The molecule has 1 aliphatic carbocycles. The van der Waals surface area contributed by atoms with Crippen LogP contribution in [0.1, 0.15) is 38.5 Å². The van der Waals surface area contributed by atoms with E-state index in [2.05, 4.69) is 10.7 Å². The van der Waals surface area contributed by atoms with Gasteiger partial charge in [-0.05, 0) is 31.4 Å². The van der Waals surface area contributed by atoms with E-state index in [1.54, 1.807) is 12.1 Å². The van der Waals surface area contributed by atoms with Crippen molar-refractivity contribution in [1.82, 2.24) is 15.6 Å². The highest BCUT2D eigenvalue weighted by molar-refractivity contribution is 6.07. The van der Waals surface area contributed by atoms with E-state index in [1.165, 1.54) is 4.90 Å². The number of benzene rings is 1. The van der Waals surface area contributed by atoms with Crippen LogP contribution in [0.25, 0.3) is 0 Å². The van der Waals surface area contributed by atoms with Gasteiger partial charge >= 0.3 is 6.03 Å². The van der Waals surface area contributed by atoms with Crippen LogP contribution >= 0.6 is 0 Å². The summed E-state index contributed by atoms with van der Waals surface area (Å²) in [6.07, 6.45) is 4.07. The summed E-state index contributed by atoms with van der Waals surface area (Å²) in [6, 6.07) is 9.18. The van der Waals surface area contributed by atoms with Crippen LogP contribution < -0.4 is 15.8 Å². The lowest BCUT2D eigenvalue weighted by Gasteiger charge is -2.21. The highest BCUT2D eigenvalue weighted by atomic mass is 16.2. The minimum atomic E-state index is -0.674. The van der Waals surface area contributed by atoms with Gasteiger partial charge in [-0.15, -0.1) is 0 Å². The quantitative estimate of drug-likeness (QED) is 0.609. The van der Waals surface area contributed by atoms with Gasteiger partial charge in [0.1, 0.15) is 5.54 Å². The molecule has 0 aromatic heterocycles. The molecule has 2 aliphatic rings. The number of hydrazine groups is 1. The third-order valence-corrected chi connectivity index (χ3v) is 4.92. The molecular formula is C18H24N4O3. The molecule has 0 atom stereocenters. The predicted molar refractivity (Wildman–Crippen MR) is 93.7 cm³/mol. The van der Waals surface area contributed by atoms with Crippen molar-refractivity contribution in [1.29, 1.82) is 0 Å². The van der Waals surface area contributed by atoms with Gasteiger partial charge in [-0.2, -0.15) is 0 Å². The minimum Gasteiger partial charge on any atom is -0.323 e. The SMILES string of the molecule is CN(NC(=O)CCCN1C(=O)NC2(CCCC2)C1=O)c1ccccc1. The lowest BCUT2D eigenvalue weighted by molar-refractivity contribution is -0.131. The monoisotopic (exact) mass is 344 g/mol. The largest absolute Gasteiger partial charge is 0.325 e. The molecule has 7 heteroatoms. The molecule has 3 rings (SSSR count). The van der Waals surface area contributed by atoms with Crippen LogP contribution in [0, 0.1) is 0 Å². The first-order valence-electron chi connectivity index (χ1n) is 8.74. The smallest absolute Gasteiger partial charge is 0.323 e. The predicted octanol–water partition coefficient (Wildman–Crippen LogP) is 1.80. The molecule has 25 heavy (non-hydrogen) atoms. The van der Waals surface area contributed by atoms with Crippen LogP contribution in [0.3, 0.4) is 0 Å². The highest BCUT2D eigenvalue weighted by Crippen LogP contribution is 2.35. The molecular weight excluding hydrogens is 320 g/mol. The van der Waals surface area contributed by atoms with Gasteiger partial charge in [0, 0.05) is 20.0 Å². The van der Waals surface area contributed by atoms with Crippen molar-refractivity contribution in [2.24, 2.45) is 0 Å². The summed E-state index contributed by atoms with van der Waals surface area (Å²) in [6.45, 7) is 0.273. The maximum absolute atomic E-state index is 12.5. The molecule has 1 spiro atoms. The van der Waals surface area contributed by atoms with E-state index in [9.17, 15) is 14.4 Å². The van der Waals surface area contributed by atoms with Gasteiger partial charge in [-0.3, -0.25) is 24.9 Å². The van der Waals surface area contributed by atoms with Crippen LogP contribution in [-0.4, -0.2) is 41.9 Å². The molecule has 7 nitrogen and oxygen atoms in total. The molecule has 1 heterocycles. The van der Waals surface area contributed by atoms with Crippen LogP contribution in [0.5, 0.6) is 0 Å². The third-order valence-electron chi connectivity index (χ3n) is 4.92.